The molecule has 2 fully saturated rings. The lowest BCUT2D eigenvalue weighted by molar-refractivity contribution is -0.163. The maximum Gasteiger partial charge on any atom is 0.234 e. The number of likely N-dealkylation sites (N-methyl/N-ethyl adjacent to an activating group) is 1. The highest BCUT2D eigenvalue weighted by Crippen LogP contribution is 2.56. The van der Waals surface area contributed by atoms with E-state index in [0.717, 1.165) is 13.0 Å². The van der Waals surface area contributed by atoms with Gasteiger partial charge in [0.15, 0.2) is 0 Å². The van der Waals surface area contributed by atoms with Gasteiger partial charge < -0.3 is 10.1 Å². The number of hydrogen-bond acceptors (Lipinski definition) is 3. The van der Waals surface area contributed by atoms with Crippen LogP contribution in [0.1, 0.15) is 39.0 Å². The molecule has 2 atom stereocenters. The molecule has 4 nitrogen and oxygen atoms in total. The summed E-state index contributed by atoms with van der Waals surface area (Å²) in [6, 6.07) is 0.470. The van der Waals surface area contributed by atoms with Crippen molar-refractivity contribution in [1.82, 2.24) is 10.2 Å². The molecule has 0 aliphatic heterocycles. The number of amides is 1. The largest absolute Gasteiger partial charge is 0.378 e. The number of hydrogen-bond donors (Lipinski definition) is 1. The third-order valence-electron chi connectivity index (χ3n) is 4.96. The predicted octanol–water partition coefficient (Wildman–Crippen LogP) is 1.41. The highest BCUT2D eigenvalue weighted by molar-refractivity contribution is 5.78. The second kappa shape index (κ2) is 6.60. The minimum absolute atomic E-state index is 0.0125. The smallest absolute Gasteiger partial charge is 0.234 e. The van der Waals surface area contributed by atoms with Gasteiger partial charge in [-0.05, 0) is 33.2 Å². The van der Waals surface area contributed by atoms with Crippen LogP contribution in [-0.4, -0.2) is 49.7 Å². The van der Waals surface area contributed by atoms with Crippen molar-refractivity contribution >= 4 is 5.91 Å². The van der Waals surface area contributed by atoms with E-state index in [2.05, 4.69) is 23.1 Å². The zero-order chi connectivity index (χ0) is 14.6. The van der Waals surface area contributed by atoms with E-state index in [-0.39, 0.29) is 11.3 Å². The summed E-state index contributed by atoms with van der Waals surface area (Å²) in [5, 5.41) is 2.73. The Morgan fingerprint density at radius 3 is 2.80 bits per heavy atom. The molecule has 0 radical (unpaired) electrons. The van der Waals surface area contributed by atoms with Crippen LogP contribution in [0.3, 0.4) is 0 Å². The van der Waals surface area contributed by atoms with Crippen molar-refractivity contribution in [3.8, 4) is 12.3 Å². The first-order chi connectivity index (χ1) is 9.64. The molecule has 1 N–H and O–H groups in total. The van der Waals surface area contributed by atoms with Gasteiger partial charge in [-0.25, -0.2) is 0 Å². The van der Waals surface area contributed by atoms with Gasteiger partial charge in [0.2, 0.25) is 5.91 Å². The van der Waals surface area contributed by atoms with Crippen LogP contribution in [0.25, 0.3) is 0 Å². The highest BCUT2D eigenvalue weighted by Gasteiger charge is 2.57. The van der Waals surface area contributed by atoms with Crippen LogP contribution in [0.5, 0.6) is 0 Å². The summed E-state index contributed by atoms with van der Waals surface area (Å²) in [6.07, 6.45) is 11.6. The molecular formula is C16H26N2O2. The molecule has 0 aromatic heterocycles. The third kappa shape index (κ3) is 2.84. The number of carbonyl (C=O) groups excluding carboxylic acids is 1. The molecular weight excluding hydrogens is 252 g/mol. The van der Waals surface area contributed by atoms with Gasteiger partial charge in [-0.15, -0.1) is 6.42 Å². The summed E-state index contributed by atoms with van der Waals surface area (Å²) < 4.78 is 5.91. The maximum absolute atomic E-state index is 11.8. The first-order valence-electron chi connectivity index (χ1n) is 7.66. The van der Waals surface area contributed by atoms with E-state index in [9.17, 15) is 4.79 Å². The van der Waals surface area contributed by atoms with Crippen molar-refractivity contribution in [3.63, 3.8) is 0 Å². The molecule has 112 valence electrons. The van der Waals surface area contributed by atoms with E-state index in [1.54, 1.807) is 0 Å². The minimum Gasteiger partial charge on any atom is -0.378 e. The van der Waals surface area contributed by atoms with Crippen LogP contribution in [0.15, 0.2) is 0 Å². The summed E-state index contributed by atoms with van der Waals surface area (Å²) in [5.41, 5.74) is 0.289. The molecule has 0 aromatic carbocycles. The van der Waals surface area contributed by atoms with Crippen LogP contribution < -0.4 is 5.32 Å². The fourth-order valence-corrected chi connectivity index (χ4v) is 4.01. The lowest BCUT2D eigenvalue weighted by Crippen LogP contribution is -2.63. The summed E-state index contributed by atoms with van der Waals surface area (Å²) in [7, 11) is 2.04. The van der Waals surface area contributed by atoms with Crippen LogP contribution in [0, 0.1) is 17.8 Å². The van der Waals surface area contributed by atoms with Gasteiger partial charge >= 0.3 is 0 Å². The molecule has 0 unspecified atom stereocenters. The first kappa shape index (κ1) is 15.3. The van der Waals surface area contributed by atoms with Gasteiger partial charge in [-0.1, -0.05) is 18.8 Å². The van der Waals surface area contributed by atoms with Gasteiger partial charge in [-0.3, -0.25) is 9.69 Å². The Hall–Kier alpha value is -1.05. The van der Waals surface area contributed by atoms with E-state index in [1.807, 2.05) is 7.05 Å². The molecule has 2 saturated carbocycles. The minimum atomic E-state index is 0.0125. The molecule has 1 amide bonds. The van der Waals surface area contributed by atoms with Crippen molar-refractivity contribution in [2.24, 2.45) is 5.41 Å². The van der Waals surface area contributed by atoms with E-state index < -0.39 is 0 Å². The van der Waals surface area contributed by atoms with Crippen molar-refractivity contribution in [3.05, 3.63) is 0 Å². The third-order valence-corrected chi connectivity index (χ3v) is 4.96. The lowest BCUT2D eigenvalue weighted by atomic mass is 9.60. The maximum atomic E-state index is 11.8. The number of nitrogens with zero attached hydrogens (tertiary/aromatic N) is 1. The standard InChI is InChI=1S/C16H26N2O2/c1-4-10-17-15(19)12-18(3)13-11-14(20-5-2)16(13)8-6-7-9-16/h1,13-14H,5-12H2,2-3H3,(H,17,19)/t13-,14+/m0/s1. The quantitative estimate of drug-likeness (QED) is 0.747. The molecule has 20 heavy (non-hydrogen) atoms. The van der Waals surface area contributed by atoms with Crippen molar-refractivity contribution in [2.45, 2.75) is 51.2 Å². The van der Waals surface area contributed by atoms with E-state index in [0.29, 0.717) is 25.2 Å². The second-order valence-electron chi connectivity index (χ2n) is 6.03. The van der Waals surface area contributed by atoms with Crippen LogP contribution >= 0.6 is 0 Å². The number of carbonyl (C=O) groups is 1. The molecule has 1 spiro atoms. The molecule has 2 rings (SSSR count). The Bertz CT molecular complexity index is 382. The average molecular weight is 278 g/mol. The van der Waals surface area contributed by atoms with Gasteiger partial charge in [0.1, 0.15) is 0 Å². The normalized spacial score (nSPS) is 27.3. The van der Waals surface area contributed by atoms with E-state index >= 15 is 0 Å². The SMILES string of the molecule is C#CCNC(=O)CN(C)[C@H]1C[C@@H](OCC)C12CCCC2. The number of ether oxygens (including phenoxy) is 1. The fourth-order valence-electron chi connectivity index (χ4n) is 4.01. The van der Waals surface area contributed by atoms with Crippen LogP contribution in [0.4, 0.5) is 0 Å². The molecule has 4 heteroatoms. The summed E-state index contributed by atoms with van der Waals surface area (Å²) in [6.45, 7) is 3.58. The number of rotatable bonds is 6. The summed E-state index contributed by atoms with van der Waals surface area (Å²) >= 11 is 0. The molecule has 2 aliphatic carbocycles. The fraction of sp³-hybridized carbons (Fsp3) is 0.812. The Labute approximate surface area is 122 Å². The zero-order valence-electron chi connectivity index (χ0n) is 12.7. The van der Waals surface area contributed by atoms with Gasteiger partial charge in [0, 0.05) is 18.1 Å². The molecule has 2 aliphatic rings. The van der Waals surface area contributed by atoms with E-state index in [4.69, 9.17) is 11.2 Å². The number of nitrogens with one attached hydrogen (secondary N) is 1. The molecule has 0 saturated heterocycles. The first-order valence-corrected chi connectivity index (χ1v) is 7.66. The topological polar surface area (TPSA) is 41.6 Å². The molecule has 0 aromatic rings. The van der Waals surface area contributed by atoms with Gasteiger partial charge in [0.05, 0.1) is 19.2 Å². The summed E-state index contributed by atoms with van der Waals surface area (Å²) in [5.74, 6) is 2.44. The van der Waals surface area contributed by atoms with Gasteiger partial charge in [0.25, 0.3) is 0 Å². The van der Waals surface area contributed by atoms with Crippen molar-refractivity contribution in [1.29, 1.82) is 0 Å². The molecule has 0 bridgehead atoms. The average Bonchev–Trinajstić information content (AvgIpc) is 2.92. The van der Waals surface area contributed by atoms with Crippen molar-refractivity contribution in [2.75, 3.05) is 26.7 Å². The van der Waals surface area contributed by atoms with Crippen LogP contribution in [-0.2, 0) is 9.53 Å². The Kier molecular flexibility index (Phi) is 5.06. The Morgan fingerprint density at radius 1 is 1.50 bits per heavy atom. The second-order valence-corrected chi connectivity index (χ2v) is 6.03. The van der Waals surface area contributed by atoms with Crippen LogP contribution in [0.2, 0.25) is 0 Å². The van der Waals surface area contributed by atoms with E-state index in [1.165, 1.54) is 25.7 Å². The van der Waals surface area contributed by atoms with Gasteiger partial charge in [-0.2, -0.15) is 0 Å². The zero-order valence-corrected chi connectivity index (χ0v) is 12.7. The predicted molar refractivity (Wildman–Crippen MR) is 79.2 cm³/mol. The molecule has 0 heterocycles. The van der Waals surface area contributed by atoms with Crippen molar-refractivity contribution < 1.29 is 9.53 Å². The Balaban J connectivity index is 1.92. The monoisotopic (exact) mass is 278 g/mol. The summed E-state index contributed by atoms with van der Waals surface area (Å²) in [4.78, 5) is 14.0. The number of terminal acetylenes is 1. The Morgan fingerprint density at radius 2 is 2.20 bits per heavy atom. The lowest BCUT2D eigenvalue weighted by Gasteiger charge is -2.57. The highest BCUT2D eigenvalue weighted by atomic mass is 16.5.